The van der Waals surface area contributed by atoms with Crippen LogP contribution in [0.15, 0.2) is 120 Å². The van der Waals surface area contributed by atoms with Crippen molar-refractivity contribution < 1.29 is 23.9 Å². The highest BCUT2D eigenvalue weighted by molar-refractivity contribution is 8.00. The van der Waals surface area contributed by atoms with Crippen molar-refractivity contribution in [2.24, 2.45) is 0 Å². The van der Waals surface area contributed by atoms with E-state index in [9.17, 15) is 19.2 Å². The van der Waals surface area contributed by atoms with E-state index in [0.717, 1.165) is 41.7 Å². The number of benzene rings is 4. The minimum atomic E-state index is -0.690. The van der Waals surface area contributed by atoms with E-state index in [1.54, 1.807) is 85.8 Å². The summed E-state index contributed by atoms with van der Waals surface area (Å²) in [5, 5.41) is 9.02. The SMILES string of the molecule is CCOC(=O)c1c(NC(=O)C(Sc2cccc(NC(=O)/C(=C/c3cccc(Cl)c3)NC(=O)c3ccccc3)c2)c2ccccc2)sc2c1CCCC2. The van der Waals surface area contributed by atoms with Crippen molar-refractivity contribution in [1.29, 1.82) is 0 Å². The Morgan fingerprint density at radius 2 is 1.60 bits per heavy atom. The maximum Gasteiger partial charge on any atom is 0.341 e. The fourth-order valence-electron chi connectivity index (χ4n) is 5.84. The maximum atomic E-state index is 14.1. The third kappa shape index (κ3) is 9.19. The van der Waals surface area contributed by atoms with E-state index in [1.165, 1.54) is 23.1 Å². The molecule has 0 radical (unpaired) electrons. The van der Waals surface area contributed by atoms with Gasteiger partial charge in [-0.1, -0.05) is 78.3 Å². The first-order chi connectivity index (χ1) is 25.3. The molecular weight excluding hydrogens is 714 g/mol. The number of carbonyl (C=O) groups excluding carboxylic acids is 4. The second kappa shape index (κ2) is 17.4. The molecular formula is C41H36ClN3O5S2. The van der Waals surface area contributed by atoms with Gasteiger partial charge in [0.25, 0.3) is 11.8 Å². The molecule has 6 rings (SSSR count). The van der Waals surface area contributed by atoms with Gasteiger partial charge < -0.3 is 20.7 Å². The second-order valence-electron chi connectivity index (χ2n) is 11.9. The average molecular weight is 750 g/mol. The van der Waals surface area contributed by atoms with Gasteiger partial charge in [0.15, 0.2) is 0 Å². The molecule has 1 aromatic heterocycles. The lowest BCUT2D eigenvalue weighted by molar-refractivity contribution is -0.116. The predicted molar refractivity (Wildman–Crippen MR) is 209 cm³/mol. The van der Waals surface area contributed by atoms with Crippen LogP contribution in [0.1, 0.15) is 67.3 Å². The van der Waals surface area contributed by atoms with E-state index < -0.39 is 23.0 Å². The average Bonchev–Trinajstić information content (AvgIpc) is 3.52. The third-order valence-corrected chi connectivity index (χ3v) is 11.0. The van der Waals surface area contributed by atoms with Crippen molar-refractivity contribution in [3.8, 4) is 0 Å². The minimum Gasteiger partial charge on any atom is -0.462 e. The molecule has 0 aliphatic heterocycles. The lowest BCUT2D eigenvalue weighted by Crippen LogP contribution is -2.30. The normalized spacial score (nSPS) is 13.0. The zero-order valence-electron chi connectivity index (χ0n) is 28.3. The summed E-state index contributed by atoms with van der Waals surface area (Å²) in [6.07, 6.45) is 5.22. The van der Waals surface area contributed by atoms with Gasteiger partial charge in [0.2, 0.25) is 5.91 Å². The molecule has 264 valence electrons. The van der Waals surface area contributed by atoms with Crippen molar-refractivity contribution in [3.63, 3.8) is 0 Å². The smallest absolute Gasteiger partial charge is 0.341 e. The Morgan fingerprint density at radius 1 is 0.865 bits per heavy atom. The van der Waals surface area contributed by atoms with Crippen LogP contribution in [0.3, 0.4) is 0 Å². The minimum absolute atomic E-state index is 0.0202. The number of fused-ring (bicyclic) bond motifs is 1. The van der Waals surface area contributed by atoms with E-state index in [-0.39, 0.29) is 18.2 Å². The number of amides is 3. The first-order valence-corrected chi connectivity index (χ1v) is 19.0. The largest absolute Gasteiger partial charge is 0.462 e. The molecule has 1 aliphatic rings. The van der Waals surface area contributed by atoms with Gasteiger partial charge in [-0.05, 0) is 97.8 Å². The zero-order valence-corrected chi connectivity index (χ0v) is 30.7. The summed E-state index contributed by atoms with van der Waals surface area (Å²) in [7, 11) is 0. The van der Waals surface area contributed by atoms with Crippen LogP contribution in [-0.4, -0.2) is 30.3 Å². The molecule has 0 fully saturated rings. The highest BCUT2D eigenvalue weighted by atomic mass is 35.5. The van der Waals surface area contributed by atoms with Gasteiger partial charge in [0.1, 0.15) is 15.9 Å². The maximum absolute atomic E-state index is 14.1. The molecule has 11 heteroatoms. The summed E-state index contributed by atoms with van der Waals surface area (Å²) < 4.78 is 5.40. The Hall–Kier alpha value is -5.16. The van der Waals surface area contributed by atoms with Crippen LogP contribution in [0, 0.1) is 0 Å². The molecule has 52 heavy (non-hydrogen) atoms. The highest BCUT2D eigenvalue weighted by Crippen LogP contribution is 2.41. The first-order valence-electron chi connectivity index (χ1n) is 16.9. The van der Waals surface area contributed by atoms with Crippen LogP contribution in [0.25, 0.3) is 6.08 Å². The van der Waals surface area contributed by atoms with Gasteiger partial charge >= 0.3 is 5.97 Å². The molecule has 5 aromatic rings. The molecule has 1 heterocycles. The molecule has 0 saturated heterocycles. The molecule has 1 unspecified atom stereocenters. The van der Waals surface area contributed by atoms with Crippen molar-refractivity contribution in [3.05, 3.63) is 153 Å². The standard InChI is InChI=1S/C41H36ClN3O5S2/c1-2-50-41(49)35-32-21-9-10-22-34(32)52-40(35)45-39(48)36(27-14-5-3-6-15-27)51-31-20-12-19-30(25-31)43-38(47)33(24-26-13-11-18-29(42)23-26)44-37(46)28-16-7-4-8-17-28/h3-8,11-20,23-25,36H,2,9-10,21-22H2,1H3,(H,43,47)(H,44,46)(H,45,48)/b33-24-. The molecule has 1 aliphatic carbocycles. The van der Waals surface area contributed by atoms with Crippen molar-refractivity contribution in [2.75, 3.05) is 17.2 Å². The molecule has 0 saturated carbocycles. The Bertz CT molecular complexity index is 2120. The van der Waals surface area contributed by atoms with Crippen molar-refractivity contribution >= 4 is 75.2 Å². The number of ether oxygens (including phenoxy) is 1. The van der Waals surface area contributed by atoms with E-state index in [1.807, 2.05) is 36.4 Å². The Labute approximate surface area is 315 Å². The number of thiophene rings is 1. The summed E-state index contributed by atoms with van der Waals surface area (Å²) in [4.78, 5) is 55.9. The summed E-state index contributed by atoms with van der Waals surface area (Å²) in [5.74, 6) is -1.70. The number of hydrogen-bond acceptors (Lipinski definition) is 7. The number of hydrogen-bond donors (Lipinski definition) is 3. The Balaban J connectivity index is 1.25. The van der Waals surface area contributed by atoms with E-state index in [0.29, 0.717) is 37.3 Å². The van der Waals surface area contributed by atoms with Crippen LogP contribution >= 0.6 is 34.7 Å². The number of aryl methyl sites for hydroxylation is 1. The number of anilines is 2. The summed E-state index contributed by atoms with van der Waals surface area (Å²) >= 11 is 8.96. The molecule has 1 atom stereocenters. The number of rotatable bonds is 12. The van der Waals surface area contributed by atoms with Crippen LogP contribution in [0.5, 0.6) is 0 Å². The van der Waals surface area contributed by atoms with Crippen LogP contribution in [0.4, 0.5) is 10.7 Å². The van der Waals surface area contributed by atoms with Gasteiger partial charge in [-0.25, -0.2) is 4.79 Å². The monoisotopic (exact) mass is 749 g/mol. The number of esters is 1. The fraction of sp³-hybridized carbons (Fsp3) is 0.171. The summed E-state index contributed by atoms with van der Waals surface area (Å²) in [6.45, 7) is 2.01. The molecule has 4 aromatic carbocycles. The molecule has 0 spiro atoms. The van der Waals surface area contributed by atoms with Crippen LogP contribution < -0.4 is 16.0 Å². The van der Waals surface area contributed by atoms with Crippen LogP contribution in [-0.2, 0) is 27.2 Å². The second-order valence-corrected chi connectivity index (χ2v) is 14.7. The van der Waals surface area contributed by atoms with E-state index >= 15 is 0 Å². The van der Waals surface area contributed by atoms with Gasteiger partial charge in [0.05, 0.1) is 12.2 Å². The molecule has 3 amide bonds. The zero-order chi connectivity index (χ0) is 36.5. The molecule has 3 N–H and O–H groups in total. The number of nitrogens with one attached hydrogen (secondary N) is 3. The Kier molecular flexibility index (Phi) is 12.2. The highest BCUT2D eigenvalue weighted by Gasteiger charge is 2.30. The third-order valence-electron chi connectivity index (χ3n) is 8.26. The first kappa shape index (κ1) is 36.6. The molecule has 0 bridgehead atoms. The number of halogens is 1. The lowest BCUT2D eigenvalue weighted by Gasteiger charge is -2.18. The summed E-state index contributed by atoms with van der Waals surface area (Å²) in [5.41, 5.74) is 3.71. The summed E-state index contributed by atoms with van der Waals surface area (Å²) in [6, 6.07) is 32.1. The predicted octanol–water partition coefficient (Wildman–Crippen LogP) is 9.34. The van der Waals surface area contributed by atoms with Gasteiger partial charge in [0, 0.05) is 26.0 Å². The topological polar surface area (TPSA) is 114 Å². The van der Waals surface area contributed by atoms with Gasteiger partial charge in [-0.3, -0.25) is 14.4 Å². The fourth-order valence-corrected chi connectivity index (χ4v) is 8.40. The van der Waals surface area contributed by atoms with E-state index in [2.05, 4.69) is 16.0 Å². The quantitative estimate of drug-likeness (QED) is 0.0666. The number of thioether (sulfide) groups is 1. The van der Waals surface area contributed by atoms with E-state index in [4.69, 9.17) is 16.3 Å². The van der Waals surface area contributed by atoms with Crippen LogP contribution in [0.2, 0.25) is 5.02 Å². The lowest BCUT2D eigenvalue weighted by atomic mass is 9.95. The molecule has 8 nitrogen and oxygen atoms in total. The van der Waals surface area contributed by atoms with Crippen molar-refractivity contribution in [2.45, 2.75) is 42.8 Å². The van der Waals surface area contributed by atoms with Gasteiger partial charge in [-0.15, -0.1) is 23.1 Å². The van der Waals surface area contributed by atoms with Gasteiger partial charge in [-0.2, -0.15) is 0 Å². The number of carbonyl (C=O) groups is 4. The van der Waals surface area contributed by atoms with Crippen molar-refractivity contribution in [1.82, 2.24) is 5.32 Å². The Morgan fingerprint density at radius 3 is 2.35 bits per heavy atom.